The first-order chi connectivity index (χ1) is 11.9. The summed E-state index contributed by atoms with van der Waals surface area (Å²) in [6.45, 7) is 11.3. The van der Waals surface area contributed by atoms with Crippen LogP contribution in [0.4, 0.5) is 0 Å². The number of carbonyl (C=O) groups excluding carboxylic acids is 1. The van der Waals surface area contributed by atoms with Gasteiger partial charge in [0, 0.05) is 30.8 Å². The first-order valence-corrected chi connectivity index (χ1v) is 8.60. The molecule has 1 aliphatic rings. The highest BCUT2D eigenvalue weighted by atomic mass is 16.5. The molecule has 2 aromatic heterocycles. The Hall–Kier alpha value is -2.22. The second kappa shape index (κ2) is 6.95. The Balaban J connectivity index is 1.82. The zero-order valence-corrected chi connectivity index (χ0v) is 15.4. The lowest BCUT2D eigenvalue weighted by atomic mass is 10.1. The number of ether oxygens (including phenoxy) is 1. The Morgan fingerprint density at radius 3 is 2.68 bits per heavy atom. The van der Waals surface area contributed by atoms with Crippen LogP contribution < -0.4 is 0 Å². The third-order valence-electron chi connectivity index (χ3n) is 4.58. The number of rotatable bonds is 4. The third kappa shape index (κ3) is 3.44. The molecule has 0 saturated carbocycles. The number of carbonyl (C=O) groups is 1. The molecule has 3 heterocycles. The maximum absolute atomic E-state index is 13.0. The smallest absolute Gasteiger partial charge is 0.227 e. The quantitative estimate of drug-likeness (QED) is 0.840. The summed E-state index contributed by atoms with van der Waals surface area (Å²) in [6, 6.07) is -0.0413. The highest BCUT2D eigenvalue weighted by Gasteiger charge is 2.32. The van der Waals surface area contributed by atoms with Crippen molar-refractivity contribution in [3.05, 3.63) is 28.7 Å². The summed E-state index contributed by atoms with van der Waals surface area (Å²) < 4.78 is 12.6. The molecule has 1 saturated heterocycles. The molecule has 1 fully saturated rings. The molecule has 2 aromatic rings. The average molecular weight is 347 g/mol. The van der Waals surface area contributed by atoms with E-state index in [2.05, 4.69) is 29.1 Å². The van der Waals surface area contributed by atoms with E-state index in [9.17, 15) is 4.79 Å². The van der Waals surface area contributed by atoms with Crippen LogP contribution in [0.2, 0.25) is 0 Å². The van der Waals surface area contributed by atoms with Crippen molar-refractivity contribution < 1.29 is 14.1 Å². The zero-order valence-electron chi connectivity index (χ0n) is 15.4. The maximum Gasteiger partial charge on any atom is 0.227 e. The van der Waals surface area contributed by atoms with E-state index < -0.39 is 0 Å². The minimum absolute atomic E-state index is 0.0326. The van der Waals surface area contributed by atoms with Crippen LogP contribution in [-0.4, -0.2) is 50.5 Å². The third-order valence-corrected chi connectivity index (χ3v) is 4.58. The number of aryl methyl sites for hydroxylation is 2. The number of hydrogen-bond donors (Lipinski definition) is 0. The predicted molar refractivity (Wildman–Crippen MR) is 90.1 cm³/mol. The topological polar surface area (TPSA) is 86.3 Å². The normalized spacial score (nSPS) is 18.2. The fraction of sp³-hybridized carbons (Fsp3) is 0.647. The van der Waals surface area contributed by atoms with Crippen molar-refractivity contribution in [2.24, 2.45) is 0 Å². The van der Waals surface area contributed by atoms with Gasteiger partial charge in [0.1, 0.15) is 6.04 Å². The molecular formula is C17H25N5O3. The van der Waals surface area contributed by atoms with Gasteiger partial charge in [0.2, 0.25) is 11.8 Å². The van der Waals surface area contributed by atoms with Crippen LogP contribution in [-0.2, 0) is 16.0 Å². The minimum atomic E-state index is -0.306. The van der Waals surface area contributed by atoms with E-state index in [1.54, 1.807) is 11.8 Å². The fourth-order valence-corrected chi connectivity index (χ4v) is 3.27. The standard InChI is InChI=1S/C17H25N5O3/c1-10(2)22-12(4)14(11(3)19-22)8-16(23)21-6-7-24-9-15(21)17-18-13(5)25-20-17/h10,15H,6-9H2,1-5H3. The molecule has 1 aliphatic heterocycles. The lowest BCUT2D eigenvalue weighted by Gasteiger charge is -2.33. The molecule has 0 N–H and O–H groups in total. The molecule has 25 heavy (non-hydrogen) atoms. The summed E-state index contributed by atoms with van der Waals surface area (Å²) in [5.74, 6) is 1.01. The maximum atomic E-state index is 13.0. The molecule has 0 bridgehead atoms. The summed E-state index contributed by atoms with van der Waals surface area (Å²) in [6.07, 6.45) is 0.317. The van der Waals surface area contributed by atoms with Crippen LogP contribution in [0.3, 0.4) is 0 Å². The van der Waals surface area contributed by atoms with Gasteiger partial charge in [-0.3, -0.25) is 9.48 Å². The van der Waals surface area contributed by atoms with E-state index in [0.29, 0.717) is 37.9 Å². The van der Waals surface area contributed by atoms with Crippen LogP contribution in [0.5, 0.6) is 0 Å². The molecule has 136 valence electrons. The van der Waals surface area contributed by atoms with Crippen molar-refractivity contribution in [3.63, 3.8) is 0 Å². The van der Waals surface area contributed by atoms with Crippen LogP contribution in [0, 0.1) is 20.8 Å². The van der Waals surface area contributed by atoms with Crippen LogP contribution in [0.15, 0.2) is 4.52 Å². The summed E-state index contributed by atoms with van der Waals surface area (Å²) in [4.78, 5) is 19.0. The van der Waals surface area contributed by atoms with Gasteiger partial charge in [-0.1, -0.05) is 5.16 Å². The van der Waals surface area contributed by atoms with Crippen LogP contribution in [0.25, 0.3) is 0 Å². The number of aromatic nitrogens is 4. The molecule has 3 rings (SSSR count). The Kier molecular flexibility index (Phi) is 4.89. The molecule has 0 aromatic carbocycles. The van der Waals surface area contributed by atoms with E-state index in [1.165, 1.54) is 0 Å². The van der Waals surface area contributed by atoms with Crippen molar-refractivity contribution in [1.82, 2.24) is 24.8 Å². The van der Waals surface area contributed by atoms with Crippen molar-refractivity contribution in [2.45, 2.75) is 53.1 Å². The van der Waals surface area contributed by atoms with Gasteiger partial charge in [-0.15, -0.1) is 0 Å². The monoisotopic (exact) mass is 347 g/mol. The number of hydrogen-bond acceptors (Lipinski definition) is 6. The van der Waals surface area contributed by atoms with E-state index in [0.717, 1.165) is 17.0 Å². The molecule has 0 spiro atoms. The van der Waals surface area contributed by atoms with Gasteiger partial charge in [0.25, 0.3) is 0 Å². The Morgan fingerprint density at radius 2 is 2.08 bits per heavy atom. The highest BCUT2D eigenvalue weighted by molar-refractivity contribution is 5.79. The summed E-state index contributed by atoms with van der Waals surface area (Å²) >= 11 is 0. The molecule has 1 atom stereocenters. The van der Waals surface area contributed by atoms with E-state index in [-0.39, 0.29) is 18.0 Å². The van der Waals surface area contributed by atoms with Crippen molar-refractivity contribution in [3.8, 4) is 0 Å². The van der Waals surface area contributed by atoms with Crippen LogP contribution in [0.1, 0.15) is 54.6 Å². The predicted octanol–water partition coefficient (Wildman–Crippen LogP) is 1.91. The molecule has 8 nitrogen and oxygen atoms in total. The van der Waals surface area contributed by atoms with Crippen molar-refractivity contribution in [2.75, 3.05) is 19.8 Å². The zero-order chi connectivity index (χ0) is 18.1. The lowest BCUT2D eigenvalue weighted by molar-refractivity contribution is -0.139. The summed E-state index contributed by atoms with van der Waals surface area (Å²) in [5.41, 5.74) is 2.94. The number of morpholine rings is 1. The SMILES string of the molecule is Cc1nc(C2COCCN2C(=O)Cc2c(C)nn(C(C)C)c2C)no1. The van der Waals surface area contributed by atoms with Crippen molar-refractivity contribution in [1.29, 1.82) is 0 Å². The van der Waals surface area contributed by atoms with E-state index >= 15 is 0 Å². The molecule has 0 aliphatic carbocycles. The van der Waals surface area contributed by atoms with Gasteiger partial charge in [0.05, 0.1) is 25.3 Å². The number of amides is 1. The Labute approximate surface area is 147 Å². The second-order valence-electron chi connectivity index (χ2n) is 6.71. The van der Waals surface area contributed by atoms with Gasteiger partial charge in [-0.2, -0.15) is 10.1 Å². The first kappa shape index (κ1) is 17.6. The lowest BCUT2D eigenvalue weighted by Crippen LogP contribution is -2.44. The fourth-order valence-electron chi connectivity index (χ4n) is 3.27. The molecular weight excluding hydrogens is 322 g/mol. The van der Waals surface area contributed by atoms with E-state index in [4.69, 9.17) is 9.26 Å². The van der Waals surface area contributed by atoms with Gasteiger partial charge < -0.3 is 14.2 Å². The molecule has 0 radical (unpaired) electrons. The molecule has 8 heteroatoms. The summed E-state index contributed by atoms with van der Waals surface area (Å²) in [5, 5.41) is 8.54. The van der Waals surface area contributed by atoms with Crippen molar-refractivity contribution >= 4 is 5.91 Å². The minimum Gasteiger partial charge on any atom is -0.377 e. The first-order valence-electron chi connectivity index (χ1n) is 8.60. The summed E-state index contributed by atoms with van der Waals surface area (Å²) in [7, 11) is 0. The second-order valence-corrected chi connectivity index (χ2v) is 6.71. The highest BCUT2D eigenvalue weighted by Crippen LogP contribution is 2.25. The van der Waals surface area contributed by atoms with Crippen LogP contribution >= 0.6 is 0 Å². The van der Waals surface area contributed by atoms with E-state index in [1.807, 2.05) is 18.5 Å². The largest absolute Gasteiger partial charge is 0.377 e. The number of nitrogens with zero attached hydrogens (tertiary/aromatic N) is 5. The Morgan fingerprint density at radius 1 is 1.32 bits per heavy atom. The molecule has 1 amide bonds. The molecule has 1 unspecified atom stereocenters. The Bertz CT molecular complexity index is 764. The van der Waals surface area contributed by atoms with Gasteiger partial charge in [-0.05, 0) is 27.7 Å². The van der Waals surface area contributed by atoms with Gasteiger partial charge in [0.15, 0.2) is 5.82 Å². The van der Waals surface area contributed by atoms with Gasteiger partial charge >= 0.3 is 0 Å². The van der Waals surface area contributed by atoms with Gasteiger partial charge in [-0.25, -0.2) is 0 Å². The average Bonchev–Trinajstić information content (AvgIpc) is 3.13.